The minimum Gasteiger partial charge on any atom is -0.481 e. The van der Waals surface area contributed by atoms with Gasteiger partial charge in [0.25, 0.3) is 0 Å². The number of carbonyl (C=O) groups is 1. The zero-order valence-corrected chi connectivity index (χ0v) is 14.9. The highest BCUT2D eigenvalue weighted by Gasteiger charge is 2.16. The first-order chi connectivity index (χ1) is 10.7. The maximum atomic E-state index is 11.1. The Morgan fingerprint density at radius 1 is 0.818 bits per heavy atom. The van der Waals surface area contributed by atoms with Crippen molar-refractivity contribution in [1.82, 2.24) is 0 Å². The molecular formula is C19H38O3. The van der Waals surface area contributed by atoms with Crippen LogP contribution >= 0.6 is 0 Å². The van der Waals surface area contributed by atoms with Crippen LogP contribution in [0.4, 0.5) is 0 Å². The summed E-state index contributed by atoms with van der Waals surface area (Å²) in [6, 6.07) is 0. The molecule has 0 heterocycles. The molecule has 0 aliphatic heterocycles. The van der Waals surface area contributed by atoms with Crippen LogP contribution in [0.25, 0.3) is 0 Å². The average molecular weight is 315 g/mol. The highest BCUT2D eigenvalue weighted by Crippen LogP contribution is 2.15. The lowest BCUT2D eigenvalue weighted by molar-refractivity contribution is -0.144. The molecule has 3 heteroatoms. The quantitative estimate of drug-likeness (QED) is 0.344. The van der Waals surface area contributed by atoms with E-state index in [1.54, 1.807) is 0 Å². The Balaban J connectivity index is 3.29. The standard InChI is InChI=1S/C19H38O3/c1-3-5-6-7-8-9-10-11-12-13-14-15-16-18(19(20)21)17-22-4-2/h18H,3-17H2,1-2H3,(H,20,21). The van der Waals surface area contributed by atoms with E-state index < -0.39 is 5.97 Å². The van der Waals surface area contributed by atoms with E-state index in [0.29, 0.717) is 13.2 Å². The summed E-state index contributed by atoms with van der Waals surface area (Å²) in [6.07, 6.45) is 16.5. The minimum atomic E-state index is -0.712. The number of aliphatic carboxylic acids is 1. The molecule has 0 aliphatic rings. The number of hydrogen-bond acceptors (Lipinski definition) is 2. The van der Waals surface area contributed by atoms with Crippen LogP contribution in [0, 0.1) is 5.92 Å². The summed E-state index contributed by atoms with van der Waals surface area (Å²) in [5.74, 6) is -1.03. The van der Waals surface area contributed by atoms with Gasteiger partial charge in [0.05, 0.1) is 12.5 Å². The zero-order chi connectivity index (χ0) is 16.5. The molecule has 0 fully saturated rings. The molecule has 1 N–H and O–H groups in total. The summed E-state index contributed by atoms with van der Waals surface area (Å²) in [5.41, 5.74) is 0. The van der Waals surface area contributed by atoms with E-state index in [-0.39, 0.29) is 5.92 Å². The molecule has 0 aromatic carbocycles. The van der Waals surface area contributed by atoms with Crippen molar-refractivity contribution < 1.29 is 14.6 Å². The second kappa shape index (κ2) is 16.8. The van der Waals surface area contributed by atoms with Gasteiger partial charge in [0.1, 0.15) is 0 Å². The van der Waals surface area contributed by atoms with E-state index in [0.717, 1.165) is 19.3 Å². The Kier molecular flexibility index (Phi) is 16.4. The molecule has 0 saturated heterocycles. The number of carboxylic acids is 1. The summed E-state index contributed by atoms with van der Waals surface area (Å²) >= 11 is 0. The molecule has 132 valence electrons. The van der Waals surface area contributed by atoms with Crippen LogP contribution in [0.2, 0.25) is 0 Å². The molecular weight excluding hydrogens is 276 g/mol. The molecule has 0 bridgehead atoms. The van der Waals surface area contributed by atoms with Gasteiger partial charge < -0.3 is 9.84 Å². The number of rotatable bonds is 17. The van der Waals surface area contributed by atoms with Crippen LogP contribution in [0.5, 0.6) is 0 Å². The Bertz CT molecular complexity index is 241. The van der Waals surface area contributed by atoms with Gasteiger partial charge in [-0.05, 0) is 13.3 Å². The van der Waals surface area contributed by atoms with Gasteiger partial charge in [0.15, 0.2) is 0 Å². The van der Waals surface area contributed by atoms with E-state index in [2.05, 4.69) is 6.92 Å². The minimum absolute atomic E-state index is 0.317. The van der Waals surface area contributed by atoms with E-state index >= 15 is 0 Å². The topological polar surface area (TPSA) is 46.5 Å². The summed E-state index contributed by atoms with van der Waals surface area (Å²) < 4.78 is 5.23. The van der Waals surface area contributed by atoms with Crippen LogP contribution in [0.15, 0.2) is 0 Å². The molecule has 0 aromatic rings. The van der Waals surface area contributed by atoms with Gasteiger partial charge in [-0.1, -0.05) is 84.0 Å². The van der Waals surface area contributed by atoms with E-state index in [1.165, 1.54) is 64.2 Å². The predicted octanol–water partition coefficient (Wildman–Crippen LogP) is 5.81. The second-order valence-corrected chi connectivity index (χ2v) is 6.37. The van der Waals surface area contributed by atoms with Crippen molar-refractivity contribution in [1.29, 1.82) is 0 Å². The lowest BCUT2D eigenvalue weighted by atomic mass is 10.0. The Hall–Kier alpha value is -0.570. The van der Waals surface area contributed by atoms with E-state index in [1.807, 2.05) is 6.92 Å². The summed E-state index contributed by atoms with van der Waals surface area (Å²) in [7, 11) is 0. The first-order valence-corrected chi connectivity index (χ1v) is 9.52. The smallest absolute Gasteiger partial charge is 0.308 e. The lowest BCUT2D eigenvalue weighted by Gasteiger charge is -2.11. The van der Waals surface area contributed by atoms with Crippen LogP contribution in [0.3, 0.4) is 0 Å². The number of unbranched alkanes of at least 4 members (excludes halogenated alkanes) is 11. The van der Waals surface area contributed by atoms with Crippen LogP contribution in [-0.4, -0.2) is 24.3 Å². The Morgan fingerprint density at radius 3 is 1.68 bits per heavy atom. The maximum absolute atomic E-state index is 11.1. The fraction of sp³-hybridized carbons (Fsp3) is 0.947. The number of ether oxygens (including phenoxy) is 1. The first kappa shape index (κ1) is 21.4. The fourth-order valence-electron chi connectivity index (χ4n) is 2.77. The zero-order valence-electron chi connectivity index (χ0n) is 14.9. The average Bonchev–Trinajstić information content (AvgIpc) is 2.51. The fourth-order valence-corrected chi connectivity index (χ4v) is 2.77. The van der Waals surface area contributed by atoms with Gasteiger partial charge in [0, 0.05) is 6.61 Å². The molecule has 0 spiro atoms. The van der Waals surface area contributed by atoms with Crippen molar-refractivity contribution in [2.24, 2.45) is 5.92 Å². The van der Waals surface area contributed by atoms with Gasteiger partial charge >= 0.3 is 5.97 Å². The Labute approximate surface area is 137 Å². The van der Waals surface area contributed by atoms with E-state index in [4.69, 9.17) is 9.84 Å². The summed E-state index contributed by atoms with van der Waals surface area (Å²) in [4.78, 5) is 11.1. The number of carboxylic acid groups (broad SMARTS) is 1. The normalized spacial score (nSPS) is 12.5. The van der Waals surface area contributed by atoms with Crippen molar-refractivity contribution >= 4 is 5.97 Å². The third kappa shape index (κ3) is 14.4. The van der Waals surface area contributed by atoms with Crippen LogP contribution in [0.1, 0.15) is 97.3 Å². The van der Waals surface area contributed by atoms with Crippen molar-refractivity contribution in [2.75, 3.05) is 13.2 Å². The SMILES string of the molecule is CCCCCCCCCCCCCCC(COCC)C(=O)O. The molecule has 1 atom stereocenters. The molecule has 1 unspecified atom stereocenters. The second-order valence-electron chi connectivity index (χ2n) is 6.37. The van der Waals surface area contributed by atoms with E-state index in [9.17, 15) is 4.79 Å². The molecule has 3 nitrogen and oxygen atoms in total. The first-order valence-electron chi connectivity index (χ1n) is 9.52. The van der Waals surface area contributed by atoms with Crippen LogP contribution < -0.4 is 0 Å². The number of hydrogen-bond donors (Lipinski definition) is 1. The molecule has 0 amide bonds. The monoisotopic (exact) mass is 314 g/mol. The van der Waals surface area contributed by atoms with Gasteiger partial charge in [-0.25, -0.2) is 0 Å². The molecule has 0 aromatic heterocycles. The summed E-state index contributed by atoms with van der Waals surface area (Å²) in [5, 5.41) is 9.10. The third-order valence-electron chi connectivity index (χ3n) is 4.28. The molecule has 0 saturated carbocycles. The summed E-state index contributed by atoms with van der Waals surface area (Å²) in [6.45, 7) is 5.13. The predicted molar refractivity (Wildman–Crippen MR) is 93.3 cm³/mol. The lowest BCUT2D eigenvalue weighted by Crippen LogP contribution is -2.19. The van der Waals surface area contributed by atoms with Gasteiger partial charge in [-0.2, -0.15) is 0 Å². The highest BCUT2D eigenvalue weighted by atomic mass is 16.5. The third-order valence-corrected chi connectivity index (χ3v) is 4.28. The highest BCUT2D eigenvalue weighted by molar-refractivity contribution is 5.70. The van der Waals surface area contributed by atoms with Crippen molar-refractivity contribution in [3.63, 3.8) is 0 Å². The van der Waals surface area contributed by atoms with Gasteiger partial charge in [0.2, 0.25) is 0 Å². The molecule has 0 radical (unpaired) electrons. The van der Waals surface area contributed by atoms with Crippen molar-refractivity contribution in [3.05, 3.63) is 0 Å². The molecule has 0 aliphatic carbocycles. The maximum Gasteiger partial charge on any atom is 0.308 e. The van der Waals surface area contributed by atoms with Gasteiger partial charge in [-0.15, -0.1) is 0 Å². The van der Waals surface area contributed by atoms with Crippen molar-refractivity contribution in [2.45, 2.75) is 97.3 Å². The molecule has 0 rings (SSSR count). The van der Waals surface area contributed by atoms with Crippen molar-refractivity contribution in [3.8, 4) is 0 Å². The molecule has 22 heavy (non-hydrogen) atoms. The van der Waals surface area contributed by atoms with Gasteiger partial charge in [-0.3, -0.25) is 4.79 Å². The Morgan fingerprint density at radius 2 is 1.27 bits per heavy atom. The largest absolute Gasteiger partial charge is 0.481 e. The van der Waals surface area contributed by atoms with Crippen LogP contribution in [-0.2, 0) is 9.53 Å².